The van der Waals surface area contributed by atoms with Crippen LogP contribution in [0.4, 0.5) is 0 Å². The average molecular weight is 398 g/mol. The molecule has 7 atom stereocenters. The minimum Gasteiger partial charge on any atom is -0.395 e. The van der Waals surface area contributed by atoms with Crippen molar-refractivity contribution in [1.29, 1.82) is 0 Å². The van der Waals surface area contributed by atoms with Gasteiger partial charge in [0.2, 0.25) is 17.7 Å². The number of carbonyl (C=O) groups excluding carboxylic acids is 3. The van der Waals surface area contributed by atoms with E-state index in [9.17, 15) is 19.5 Å². The molecule has 0 aromatic rings. The summed E-state index contributed by atoms with van der Waals surface area (Å²) < 4.78 is -0.593. The van der Waals surface area contributed by atoms with Gasteiger partial charge in [0.15, 0.2) is 0 Å². The smallest absolute Gasteiger partial charge is 0.244 e. The van der Waals surface area contributed by atoms with Crippen molar-refractivity contribution in [3.05, 3.63) is 0 Å². The molecule has 0 saturated carbocycles. The molecule has 3 rings (SSSR count). The number of β-amino-alcohol motifs (C(OH)–C–C–N with tert-alkyl or cyclic N) is 1. The van der Waals surface area contributed by atoms with Gasteiger partial charge in [-0.15, -0.1) is 11.8 Å². The zero-order valence-corrected chi connectivity index (χ0v) is 17.3. The van der Waals surface area contributed by atoms with Crippen molar-refractivity contribution in [2.24, 2.45) is 17.8 Å². The summed E-state index contributed by atoms with van der Waals surface area (Å²) in [6, 6.07) is -0.612. The highest BCUT2D eigenvalue weighted by molar-refractivity contribution is 8.02. The summed E-state index contributed by atoms with van der Waals surface area (Å²) in [5, 5.41) is 15.4. The van der Waals surface area contributed by atoms with Gasteiger partial charge in [-0.1, -0.05) is 20.3 Å². The molecule has 7 nitrogen and oxygen atoms in total. The number of aliphatic hydroxyl groups is 1. The van der Waals surface area contributed by atoms with Crippen LogP contribution in [0.5, 0.6) is 0 Å². The molecule has 4 unspecified atom stereocenters. The number of hydrogen-bond donors (Lipinski definition) is 3. The van der Waals surface area contributed by atoms with Crippen molar-refractivity contribution >= 4 is 29.5 Å². The highest BCUT2D eigenvalue weighted by atomic mass is 32.2. The van der Waals surface area contributed by atoms with E-state index in [1.165, 1.54) is 4.90 Å². The number of thioether (sulfide) groups is 1. The Balaban J connectivity index is 1.99. The third-order valence-electron chi connectivity index (χ3n) is 6.49. The lowest BCUT2D eigenvalue weighted by Gasteiger charge is -2.39. The van der Waals surface area contributed by atoms with Crippen LogP contribution in [-0.4, -0.2) is 70.0 Å². The van der Waals surface area contributed by atoms with Gasteiger partial charge in [-0.3, -0.25) is 14.4 Å². The number of fused-ring (bicyclic) bond motifs is 1. The van der Waals surface area contributed by atoms with E-state index in [-0.39, 0.29) is 48.1 Å². The van der Waals surface area contributed by atoms with Crippen molar-refractivity contribution in [1.82, 2.24) is 15.5 Å². The molecule has 0 aromatic heterocycles. The lowest BCUT2D eigenvalue weighted by Crippen LogP contribution is -2.57. The van der Waals surface area contributed by atoms with E-state index in [1.807, 2.05) is 6.92 Å². The van der Waals surface area contributed by atoms with Crippen molar-refractivity contribution in [3.63, 3.8) is 0 Å². The quantitative estimate of drug-likeness (QED) is 0.576. The molecule has 152 valence electrons. The third kappa shape index (κ3) is 2.95. The Morgan fingerprint density at radius 3 is 2.70 bits per heavy atom. The molecular formula is C19H31N3O4S. The fourth-order valence-electron chi connectivity index (χ4n) is 5.46. The molecule has 3 aliphatic heterocycles. The van der Waals surface area contributed by atoms with Gasteiger partial charge >= 0.3 is 0 Å². The number of hydrogen-bond acceptors (Lipinski definition) is 5. The van der Waals surface area contributed by atoms with Gasteiger partial charge in [-0.2, -0.15) is 0 Å². The van der Waals surface area contributed by atoms with Gasteiger partial charge in [0.25, 0.3) is 0 Å². The van der Waals surface area contributed by atoms with E-state index in [0.717, 1.165) is 19.3 Å². The Labute approximate surface area is 165 Å². The molecular weight excluding hydrogens is 366 g/mol. The Morgan fingerprint density at radius 1 is 1.41 bits per heavy atom. The van der Waals surface area contributed by atoms with Gasteiger partial charge < -0.3 is 20.6 Å². The van der Waals surface area contributed by atoms with Crippen LogP contribution in [0.25, 0.3) is 0 Å². The molecule has 1 spiro atoms. The first-order chi connectivity index (χ1) is 12.8. The fraction of sp³-hybridized carbons (Fsp3) is 0.842. The van der Waals surface area contributed by atoms with E-state index in [2.05, 4.69) is 24.5 Å². The Hall–Kier alpha value is -1.28. The SMILES string of the molecule is CCCC(C)NC(=O)C1N(CCO)C(=O)[C@@H]2[C@H](C(=O)NC)[C@@H]3CC(C)C12S3. The number of likely N-dealkylation sites (tertiary alicyclic amines) is 1. The topological polar surface area (TPSA) is 98.7 Å². The Kier molecular flexibility index (Phi) is 5.77. The van der Waals surface area contributed by atoms with Crippen LogP contribution < -0.4 is 10.6 Å². The van der Waals surface area contributed by atoms with Gasteiger partial charge in [0, 0.05) is 24.9 Å². The van der Waals surface area contributed by atoms with Crippen LogP contribution in [0, 0.1) is 17.8 Å². The maximum atomic E-state index is 13.3. The van der Waals surface area contributed by atoms with Gasteiger partial charge in [0.1, 0.15) is 6.04 Å². The molecule has 3 aliphatic rings. The molecule has 0 radical (unpaired) electrons. The fourth-order valence-corrected chi connectivity index (χ4v) is 7.88. The summed E-state index contributed by atoms with van der Waals surface area (Å²) in [7, 11) is 1.59. The number of amides is 3. The zero-order valence-electron chi connectivity index (χ0n) is 16.5. The molecule has 0 aromatic carbocycles. The molecule has 3 amide bonds. The molecule has 2 bridgehead atoms. The van der Waals surface area contributed by atoms with Crippen LogP contribution in [0.3, 0.4) is 0 Å². The summed E-state index contributed by atoms with van der Waals surface area (Å²) in [4.78, 5) is 40.7. The molecule has 3 N–H and O–H groups in total. The minimum atomic E-state index is -0.638. The normalized spacial score (nSPS) is 38.0. The predicted molar refractivity (Wildman–Crippen MR) is 104 cm³/mol. The van der Waals surface area contributed by atoms with Crippen molar-refractivity contribution in [2.45, 2.75) is 62.1 Å². The van der Waals surface area contributed by atoms with E-state index in [0.29, 0.717) is 0 Å². The van der Waals surface area contributed by atoms with Crippen molar-refractivity contribution < 1.29 is 19.5 Å². The zero-order chi connectivity index (χ0) is 19.9. The first-order valence-corrected chi connectivity index (χ1v) is 10.8. The number of carbonyl (C=O) groups is 3. The minimum absolute atomic E-state index is 0.0256. The number of nitrogens with one attached hydrogen (secondary N) is 2. The first kappa shape index (κ1) is 20.5. The largest absolute Gasteiger partial charge is 0.395 e. The molecule has 27 heavy (non-hydrogen) atoms. The maximum absolute atomic E-state index is 13.3. The highest BCUT2D eigenvalue weighted by Crippen LogP contribution is 2.68. The summed E-state index contributed by atoms with van der Waals surface area (Å²) in [5.41, 5.74) is 0. The van der Waals surface area contributed by atoms with Crippen molar-refractivity contribution in [3.8, 4) is 0 Å². The number of rotatable bonds is 7. The van der Waals surface area contributed by atoms with E-state index in [1.54, 1.807) is 18.8 Å². The highest BCUT2D eigenvalue weighted by Gasteiger charge is 2.75. The van der Waals surface area contributed by atoms with E-state index >= 15 is 0 Å². The van der Waals surface area contributed by atoms with Crippen LogP contribution in [0.2, 0.25) is 0 Å². The molecule has 8 heteroatoms. The third-order valence-corrected chi connectivity index (χ3v) is 8.57. The Morgan fingerprint density at radius 2 is 2.11 bits per heavy atom. The van der Waals surface area contributed by atoms with Gasteiger partial charge in [-0.25, -0.2) is 0 Å². The summed E-state index contributed by atoms with van der Waals surface area (Å²) in [6.07, 6.45) is 2.66. The summed E-state index contributed by atoms with van der Waals surface area (Å²) in [5.74, 6) is -1.19. The lowest BCUT2D eigenvalue weighted by atomic mass is 9.66. The standard InChI is InChI=1S/C19H31N3O4S/c1-5-6-11(3)21-17(25)15-19-10(2)9-12(27-19)13(16(24)20-4)14(19)18(26)22(15)7-8-23/h10-15,23H,5-9H2,1-4H3,(H,20,24)(H,21,25)/t10?,11?,12-,13+,14-,15?,19?/m0/s1. The van der Waals surface area contributed by atoms with Crippen LogP contribution in [-0.2, 0) is 14.4 Å². The van der Waals surface area contributed by atoms with Crippen LogP contribution >= 0.6 is 11.8 Å². The molecule has 3 fully saturated rings. The van der Waals surface area contributed by atoms with Crippen molar-refractivity contribution in [2.75, 3.05) is 20.2 Å². The predicted octanol–water partition coefficient (Wildman–Crippen LogP) is 0.367. The second-order valence-corrected chi connectivity index (χ2v) is 9.67. The van der Waals surface area contributed by atoms with E-state index < -0.39 is 22.6 Å². The lowest BCUT2D eigenvalue weighted by molar-refractivity contribution is -0.140. The average Bonchev–Trinajstić information content (AvgIpc) is 3.19. The molecule has 3 saturated heterocycles. The molecule has 0 aliphatic carbocycles. The Bertz CT molecular complexity index is 630. The monoisotopic (exact) mass is 397 g/mol. The van der Waals surface area contributed by atoms with Crippen LogP contribution in [0.15, 0.2) is 0 Å². The van der Waals surface area contributed by atoms with Gasteiger partial charge in [-0.05, 0) is 25.7 Å². The van der Waals surface area contributed by atoms with E-state index in [4.69, 9.17) is 0 Å². The second-order valence-electron chi connectivity index (χ2n) is 8.12. The number of aliphatic hydroxyl groups excluding tert-OH is 1. The summed E-state index contributed by atoms with van der Waals surface area (Å²) in [6.45, 7) is 6.05. The second kappa shape index (κ2) is 7.62. The summed E-state index contributed by atoms with van der Waals surface area (Å²) >= 11 is 1.65. The maximum Gasteiger partial charge on any atom is 0.244 e. The molecule has 3 heterocycles. The number of nitrogens with zero attached hydrogens (tertiary/aromatic N) is 1. The van der Waals surface area contributed by atoms with Gasteiger partial charge in [0.05, 0.1) is 23.2 Å². The van der Waals surface area contributed by atoms with Crippen LogP contribution in [0.1, 0.15) is 40.0 Å². The first-order valence-electron chi connectivity index (χ1n) is 9.94.